The SMILES string of the molecule is COc1ccc(CN(CCC(=N)N)CC(C)C)cc1F. The van der Waals surface area contributed by atoms with Crippen molar-refractivity contribution in [3.8, 4) is 5.75 Å². The summed E-state index contributed by atoms with van der Waals surface area (Å²) in [4.78, 5) is 2.19. The van der Waals surface area contributed by atoms with Gasteiger partial charge >= 0.3 is 0 Å². The molecule has 0 spiro atoms. The highest BCUT2D eigenvalue weighted by Crippen LogP contribution is 2.19. The van der Waals surface area contributed by atoms with Crippen molar-refractivity contribution in [3.05, 3.63) is 29.6 Å². The molecule has 0 fully saturated rings. The van der Waals surface area contributed by atoms with Gasteiger partial charge in [0.15, 0.2) is 11.6 Å². The summed E-state index contributed by atoms with van der Waals surface area (Å²) in [6.07, 6.45) is 0.533. The van der Waals surface area contributed by atoms with Crippen LogP contribution in [0.1, 0.15) is 25.8 Å². The maximum atomic E-state index is 13.7. The lowest BCUT2D eigenvalue weighted by Crippen LogP contribution is -2.30. The number of methoxy groups -OCH3 is 1. The topological polar surface area (TPSA) is 62.3 Å². The number of hydrogen-bond acceptors (Lipinski definition) is 3. The number of nitrogens with one attached hydrogen (secondary N) is 1. The Labute approximate surface area is 120 Å². The first-order chi connectivity index (χ1) is 9.42. The third kappa shape index (κ3) is 5.57. The van der Waals surface area contributed by atoms with Crippen LogP contribution in [0.4, 0.5) is 4.39 Å². The van der Waals surface area contributed by atoms with Gasteiger partial charge in [-0.15, -0.1) is 0 Å². The first kappa shape index (κ1) is 16.4. The van der Waals surface area contributed by atoms with Gasteiger partial charge in [0.2, 0.25) is 0 Å². The maximum Gasteiger partial charge on any atom is 0.165 e. The summed E-state index contributed by atoms with van der Waals surface area (Å²) >= 11 is 0. The van der Waals surface area contributed by atoms with Crippen LogP contribution in [0.5, 0.6) is 5.75 Å². The van der Waals surface area contributed by atoms with Gasteiger partial charge in [-0.1, -0.05) is 19.9 Å². The average molecular weight is 281 g/mol. The third-order valence-corrected chi connectivity index (χ3v) is 2.94. The van der Waals surface area contributed by atoms with Crippen LogP contribution in [0.25, 0.3) is 0 Å². The molecular weight excluding hydrogens is 257 g/mol. The fourth-order valence-electron chi connectivity index (χ4n) is 2.10. The lowest BCUT2D eigenvalue weighted by atomic mass is 10.1. The van der Waals surface area contributed by atoms with Gasteiger partial charge in [-0.2, -0.15) is 0 Å². The Morgan fingerprint density at radius 3 is 2.65 bits per heavy atom. The molecule has 0 heterocycles. The molecular formula is C15H24FN3O. The normalized spacial score (nSPS) is 11.1. The summed E-state index contributed by atoms with van der Waals surface area (Å²) in [5.41, 5.74) is 6.30. The second-order valence-electron chi connectivity index (χ2n) is 5.37. The number of nitrogens with zero attached hydrogens (tertiary/aromatic N) is 1. The van der Waals surface area contributed by atoms with E-state index in [1.54, 1.807) is 6.07 Å². The van der Waals surface area contributed by atoms with E-state index in [0.717, 1.165) is 12.1 Å². The van der Waals surface area contributed by atoms with E-state index in [2.05, 4.69) is 18.7 Å². The monoisotopic (exact) mass is 281 g/mol. The van der Waals surface area contributed by atoms with E-state index >= 15 is 0 Å². The molecule has 0 saturated heterocycles. The zero-order valence-electron chi connectivity index (χ0n) is 12.4. The van der Waals surface area contributed by atoms with E-state index in [-0.39, 0.29) is 17.4 Å². The number of nitrogens with two attached hydrogens (primary N) is 1. The molecule has 0 radical (unpaired) electrons. The van der Waals surface area contributed by atoms with Crippen LogP contribution >= 0.6 is 0 Å². The quantitative estimate of drug-likeness (QED) is 0.569. The third-order valence-electron chi connectivity index (χ3n) is 2.94. The Hall–Kier alpha value is -1.62. The predicted octanol–water partition coefficient (Wildman–Crippen LogP) is 2.62. The number of benzene rings is 1. The van der Waals surface area contributed by atoms with Crippen molar-refractivity contribution in [1.29, 1.82) is 5.41 Å². The van der Waals surface area contributed by atoms with Crippen LogP contribution < -0.4 is 10.5 Å². The van der Waals surface area contributed by atoms with Crippen LogP contribution in [0.2, 0.25) is 0 Å². The maximum absolute atomic E-state index is 13.7. The Kier molecular flexibility index (Phi) is 6.45. The number of ether oxygens (including phenoxy) is 1. The Morgan fingerprint density at radius 2 is 2.15 bits per heavy atom. The zero-order chi connectivity index (χ0) is 15.1. The summed E-state index contributed by atoms with van der Waals surface area (Å²) in [5.74, 6) is 0.596. The molecule has 20 heavy (non-hydrogen) atoms. The largest absolute Gasteiger partial charge is 0.494 e. The molecule has 0 amide bonds. The lowest BCUT2D eigenvalue weighted by molar-refractivity contribution is 0.242. The minimum absolute atomic E-state index is 0.180. The molecule has 0 aliphatic heterocycles. The highest BCUT2D eigenvalue weighted by molar-refractivity contribution is 5.76. The van der Waals surface area contributed by atoms with Gasteiger partial charge in [0, 0.05) is 26.1 Å². The van der Waals surface area contributed by atoms with E-state index < -0.39 is 0 Å². The van der Waals surface area contributed by atoms with E-state index in [9.17, 15) is 4.39 Å². The highest BCUT2D eigenvalue weighted by atomic mass is 19.1. The molecule has 112 valence electrons. The van der Waals surface area contributed by atoms with Crippen molar-refractivity contribution in [3.63, 3.8) is 0 Å². The standard InChI is InChI=1S/C15H24FN3O/c1-11(2)9-19(7-6-15(17)18)10-12-4-5-14(20-3)13(16)8-12/h4-5,8,11H,6-7,9-10H2,1-3H3,(H3,17,18). The molecule has 0 saturated carbocycles. The molecule has 0 aromatic heterocycles. The number of hydrogen-bond donors (Lipinski definition) is 2. The van der Waals surface area contributed by atoms with Crippen LogP contribution in [0.15, 0.2) is 18.2 Å². The van der Waals surface area contributed by atoms with Gasteiger partial charge in [0.1, 0.15) is 0 Å². The van der Waals surface area contributed by atoms with Crippen LogP contribution in [0, 0.1) is 17.1 Å². The number of amidine groups is 1. The fourth-order valence-corrected chi connectivity index (χ4v) is 2.10. The summed E-state index contributed by atoms with van der Waals surface area (Å²) in [6, 6.07) is 5.01. The number of halogens is 1. The van der Waals surface area contributed by atoms with Crippen molar-refractivity contribution in [2.45, 2.75) is 26.8 Å². The summed E-state index contributed by atoms with van der Waals surface area (Å²) in [7, 11) is 1.45. The lowest BCUT2D eigenvalue weighted by Gasteiger charge is -2.24. The van der Waals surface area contributed by atoms with Crippen molar-refractivity contribution in [2.24, 2.45) is 11.7 Å². The zero-order valence-corrected chi connectivity index (χ0v) is 12.4. The fraction of sp³-hybridized carbons (Fsp3) is 0.533. The Morgan fingerprint density at radius 1 is 1.45 bits per heavy atom. The van der Waals surface area contributed by atoms with Gasteiger partial charge in [0.05, 0.1) is 12.9 Å². The molecule has 3 N–H and O–H groups in total. The minimum Gasteiger partial charge on any atom is -0.494 e. The van der Waals surface area contributed by atoms with Gasteiger partial charge in [-0.25, -0.2) is 4.39 Å². The molecule has 1 aromatic carbocycles. The molecule has 0 atom stereocenters. The van der Waals surface area contributed by atoms with Crippen molar-refractivity contribution < 1.29 is 9.13 Å². The van der Waals surface area contributed by atoms with Crippen molar-refractivity contribution in [2.75, 3.05) is 20.2 Å². The Bertz CT molecular complexity index is 449. The van der Waals surface area contributed by atoms with E-state index in [0.29, 0.717) is 25.4 Å². The van der Waals surface area contributed by atoms with Gasteiger partial charge in [0.25, 0.3) is 0 Å². The molecule has 0 unspecified atom stereocenters. The molecule has 1 rings (SSSR count). The molecule has 4 nitrogen and oxygen atoms in total. The van der Waals surface area contributed by atoms with Crippen LogP contribution in [-0.2, 0) is 6.54 Å². The molecule has 1 aromatic rings. The summed E-state index contributed by atoms with van der Waals surface area (Å²) in [6.45, 7) is 6.51. The van der Waals surface area contributed by atoms with Crippen LogP contribution in [-0.4, -0.2) is 30.9 Å². The van der Waals surface area contributed by atoms with Crippen molar-refractivity contribution >= 4 is 5.84 Å². The highest BCUT2D eigenvalue weighted by Gasteiger charge is 2.11. The average Bonchev–Trinajstić information content (AvgIpc) is 2.35. The van der Waals surface area contributed by atoms with Gasteiger partial charge in [-0.3, -0.25) is 10.3 Å². The second-order valence-corrected chi connectivity index (χ2v) is 5.37. The molecule has 0 aliphatic rings. The summed E-state index contributed by atoms with van der Waals surface area (Å²) < 4.78 is 18.6. The van der Waals surface area contributed by atoms with E-state index in [4.69, 9.17) is 15.9 Å². The van der Waals surface area contributed by atoms with Gasteiger partial charge < -0.3 is 10.5 Å². The van der Waals surface area contributed by atoms with Crippen molar-refractivity contribution in [1.82, 2.24) is 4.90 Å². The van der Waals surface area contributed by atoms with Crippen LogP contribution in [0.3, 0.4) is 0 Å². The first-order valence-electron chi connectivity index (χ1n) is 6.80. The molecule has 0 aliphatic carbocycles. The predicted molar refractivity (Wildman–Crippen MR) is 79.6 cm³/mol. The molecule has 0 bridgehead atoms. The smallest absolute Gasteiger partial charge is 0.165 e. The summed E-state index contributed by atoms with van der Waals surface area (Å²) in [5, 5.41) is 7.31. The Balaban J connectivity index is 2.72. The minimum atomic E-state index is -0.346. The van der Waals surface area contributed by atoms with E-state index in [1.807, 2.05) is 6.07 Å². The van der Waals surface area contributed by atoms with Gasteiger partial charge in [-0.05, 0) is 23.6 Å². The van der Waals surface area contributed by atoms with E-state index in [1.165, 1.54) is 13.2 Å². The first-order valence-corrected chi connectivity index (χ1v) is 6.80. The molecule has 5 heteroatoms. The number of rotatable bonds is 8. The second kappa shape index (κ2) is 7.85.